The van der Waals surface area contributed by atoms with E-state index in [1.54, 1.807) is 6.07 Å². The molecule has 72 valence electrons. The smallest absolute Gasteiger partial charge is 0.174 e. The van der Waals surface area contributed by atoms with Gasteiger partial charge in [0.05, 0.1) is 17.0 Å². The molecule has 0 heterocycles. The molecule has 0 unspecified atom stereocenters. The van der Waals surface area contributed by atoms with Gasteiger partial charge in [0, 0.05) is 5.56 Å². The summed E-state index contributed by atoms with van der Waals surface area (Å²) < 4.78 is 12.8. The van der Waals surface area contributed by atoms with Gasteiger partial charge in [0.1, 0.15) is 0 Å². The van der Waals surface area contributed by atoms with Crippen molar-refractivity contribution in [2.75, 3.05) is 5.33 Å². The summed E-state index contributed by atoms with van der Waals surface area (Å²) in [7, 11) is 0. The molecule has 0 aromatic heterocycles. The highest BCUT2D eigenvalue weighted by Crippen LogP contribution is 2.21. The number of benzene rings is 1. The maximum Gasteiger partial charge on any atom is 0.174 e. The lowest BCUT2D eigenvalue weighted by Gasteiger charge is -2.02. The number of phenolic OH excluding ortho intramolecular Hbond substituents is 1. The van der Waals surface area contributed by atoms with Crippen molar-refractivity contribution in [2.24, 2.45) is 0 Å². The van der Waals surface area contributed by atoms with Crippen LogP contribution in [0.15, 0.2) is 12.1 Å². The molecule has 0 amide bonds. The molecule has 5 heteroatoms. The predicted octanol–water partition coefficient (Wildman–Crippen LogP) is 1.98. The first-order chi connectivity index (χ1) is 6.60. The Kier molecular flexibility index (Phi) is 3.20. The van der Waals surface area contributed by atoms with Gasteiger partial charge in [-0.15, -0.1) is 0 Å². The van der Waals surface area contributed by atoms with Gasteiger partial charge in [0.25, 0.3) is 0 Å². The van der Waals surface area contributed by atoms with E-state index in [1.807, 2.05) is 0 Å². The first-order valence-electron chi connectivity index (χ1n) is 3.62. The molecule has 1 aromatic carbocycles. The largest absolute Gasteiger partial charge is 0.505 e. The Balaban J connectivity index is 3.36. The number of Topliss-reactive ketones (excluding diaryl/α,β-unsaturated/α-hetero) is 1. The number of ketones is 1. The number of alkyl halides is 1. The van der Waals surface area contributed by atoms with Gasteiger partial charge < -0.3 is 5.11 Å². The molecule has 14 heavy (non-hydrogen) atoms. The van der Waals surface area contributed by atoms with Gasteiger partial charge >= 0.3 is 0 Å². The van der Waals surface area contributed by atoms with Crippen molar-refractivity contribution >= 4 is 21.7 Å². The molecule has 0 saturated heterocycles. The molecule has 0 spiro atoms. The first-order valence-corrected chi connectivity index (χ1v) is 4.74. The summed E-state index contributed by atoms with van der Waals surface area (Å²) >= 11 is 2.92. The molecule has 0 saturated carbocycles. The zero-order chi connectivity index (χ0) is 10.7. The Labute approximate surface area is 87.9 Å². The summed E-state index contributed by atoms with van der Waals surface area (Å²) in [5.74, 6) is -1.92. The van der Waals surface area contributed by atoms with Crippen molar-refractivity contribution in [3.63, 3.8) is 0 Å². The van der Waals surface area contributed by atoms with Crippen LogP contribution in [0, 0.1) is 17.1 Å². The van der Waals surface area contributed by atoms with Crippen molar-refractivity contribution in [3.05, 3.63) is 29.1 Å². The van der Waals surface area contributed by atoms with Crippen molar-refractivity contribution < 1.29 is 14.3 Å². The van der Waals surface area contributed by atoms with E-state index in [0.29, 0.717) is 0 Å². The Hall–Kier alpha value is -1.41. The quantitative estimate of drug-likeness (QED) is 0.651. The van der Waals surface area contributed by atoms with Gasteiger partial charge in [-0.1, -0.05) is 15.9 Å². The van der Waals surface area contributed by atoms with Crippen molar-refractivity contribution in [2.45, 2.75) is 0 Å². The number of rotatable bonds is 2. The minimum absolute atomic E-state index is 0.0169. The van der Waals surface area contributed by atoms with Crippen LogP contribution in [-0.2, 0) is 0 Å². The van der Waals surface area contributed by atoms with Gasteiger partial charge in [-0.05, 0) is 12.1 Å². The first kappa shape index (κ1) is 10.7. The van der Waals surface area contributed by atoms with E-state index in [2.05, 4.69) is 15.9 Å². The topological polar surface area (TPSA) is 61.1 Å². The van der Waals surface area contributed by atoms with Crippen molar-refractivity contribution in [1.82, 2.24) is 0 Å². The molecule has 3 nitrogen and oxygen atoms in total. The molecular formula is C9H5BrFNO2. The zero-order valence-electron chi connectivity index (χ0n) is 6.92. The van der Waals surface area contributed by atoms with Crippen LogP contribution in [0.4, 0.5) is 4.39 Å². The molecule has 0 atom stereocenters. The molecule has 0 aliphatic heterocycles. The fourth-order valence-corrected chi connectivity index (χ4v) is 1.26. The van der Waals surface area contributed by atoms with Crippen LogP contribution in [0.5, 0.6) is 5.75 Å². The minimum Gasteiger partial charge on any atom is -0.505 e. The maximum atomic E-state index is 12.8. The average molecular weight is 258 g/mol. The summed E-state index contributed by atoms with van der Waals surface area (Å²) in [6.45, 7) is 0. The number of phenols is 1. The highest BCUT2D eigenvalue weighted by molar-refractivity contribution is 9.09. The van der Waals surface area contributed by atoms with Crippen LogP contribution in [-0.4, -0.2) is 16.2 Å². The number of halogens is 2. The fraction of sp³-hybridized carbons (Fsp3) is 0.111. The van der Waals surface area contributed by atoms with Gasteiger partial charge in [0.2, 0.25) is 0 Å². The van der Waals surface area contributed by atoms with E-state index < -0.39 is 11.6 Å². The number of hydrogen-bond acceptors (Lipinski definition) is 3. The minimum atomic E-state index is -0.910. The SMILES string of the molecule is N#Cc1cc(F)c(O)cc1C(=O)CBr. The summed E-state index contributed by atoms with van der Waals surface area (Å²) in [6.07, 6.45) is 0. The third kappa shape index (κ3) is 1.91. The van der Waals surface area contributed by atoms with E-state index in [-0.39, 0.29) is 22.2 Å². The molecule has 0 radical (unpaired) electrons. The van der Waals surface area contributed by atoms with Gasteiger partial charge in [-0.3, -0.25) is 4.79 Å². The number of carbonyl (C=O) groups is 1. The highest BCUT2D eigenvalue weighted by atomic mass is 79.9. The summed E-state index contributed by atoms with van der Waals surface area (Å²) in [5, 5.41) is 17.6. The molecule has 0 bridgehead atoms. The molecule has 1 aromatic rings. The Bertz CT molecular complexity index is 426. The summed E-state index contributed by atoms with van der Waals surface area (Å²) in [5.41, 5.74) is -0.0620. The van der Waals surface area contributed by atoms with Crippen LogP contribution in [0.2, 0.25) is 0 Å². The number of nitrogens with zero attached hydrogens (tertiary/aromatic N) is 1. The monoisotopic (exact) mass is 257 g/mol. The second-order valence-electron chi connectivity index (χ2n) is 2.52. The number of nitriles is 1. The van der Waals surface area contributed by atoms with Crippen molar-refractivity contribution in [3.8, 4) is 11.8 Å². The second kappa shape index (κ2) is 4.20. The lowest BCUT2D eigenvalue weighted by Crippen LogP contribution is -2.03. The fourth-order valence-electron chi connectivity index (χ4n) is 0.957. The standard InChI is InChI=1S/C9H5BrFNO2/c10-3-9(14)6-2-8(13)7(11)1-5(6)4-12/h1-2,13H,3H2. The maximum absolute atomic E-state index is 12.8. The van der Waals surface area contributed by atoms with Gasteiger partial charge in [-0.25, -0.2) is 4.39 Å². The lowest BCUT2D eigenvalue weighted by atomic mass is 10.0. The third-order valence-electron chi connectivity index (χ3n) is 1.63. The van der Waals surface area contributed by atoms with E-state index in [4.69, 9.17) is 10.4 Å². The lowest BCUT2D eigenvalue weighted by molar-refractivity contribution is 0.102. The van der Waals surface area contributed by atoms with E-state index >= 15 is 0 Å². The Morgan fingerprint density at radius 1 is 1.64 bits per heavy atom. The predicted molar refractivity (Wildman–Crippen MR) is 50.9 cm³/mol. The Morgan fingerprint density at radius 3 is 2.79 bits per heavy atom. The molecule has 1 N–H and O–H groups in total. The second-order valence-corrected chi connectivity index (χ2v) is 3.08. The van der Waals surface area contributed by atoms with Crippen molar-refractivity contribution in [1.29, 1.82) is 5.26 Å². The van der Waals surface area contributed by atoms with Gasteiger partial charge in [-0.2, -0.15) is 5.26 Å². The number of hydrogen-bond donors (Lipinski definition) is 1. The highest BCUT2D eigenvalue weighted by Gasteiger charge is 2.14. The van der Waals surface area contributed by atoms with E-state index in [1.165, 1.54) is 0 Å². The molecule has 0 aliphatic rings. The zero-order valence-corrected chi connectivity index (χ0v) is 8.51. The van der Waals surface area contributed by atoms with Gasteiger partial charge in [0.15, 0.2) is 17.3 Å². The normalized spacial score (nSPS) is 9.50. The van der Waals surface area contributed by atoms with Crippen LogP contribution >= 0.6 is 15.9 Å². The average Bonchev–Trinajstić information content (AvgIpc) is 2.20. The third-order valence-corrected chi connectivity index (χ3v) is 2.14. The van der Waals surface area contributed by atoms with Crippen LogP contribution in [0.25, 0.3) is 0 Å². The molecule has 1 rings (SSSR count). The van der Waals surface area contributed by atoms with Crippen LogP contribution in [0.3, 0.4) is 0 Å². The Morgan fingerprint density at radius 2 is 2.29 bits per heavy atom. The molecular weight excluding hydrogens is 253 g/mol. The summed E-state index contributed by atoms with van der Waals surface area (Å²) in [6, 6.07) is 3.48. The summed E-state index contributed by atoms with van der Waals surface area (Å²) in [4.78, 5) is 11.2. The number of aromatic hydroxyl groups is 1. The van der Waals surface area contributed by atoms with E-state index in [0.717, 1.165) is 12.1 Å². The van der Waals surface area contributed by atoms with Crippen LogP contribution in [0.1, 0.15) is 15.9 Å². The number of carbonyl (C=O) groups excluding carboxylic acids is 1. The van der Waals surface area contributed by atoms with Crippen LogP contribution < -0.4 is 0 Å². The molecule has 0 aliphatic carbocycles. The van der Waals surface area contributed by atoms with E-state index in [9.17, 15) is 9.18 Å². The molecule has 0 fully saturated rings.